The number of carbonyl (C=O) groups is 1. The smallest absolute Gasteiger partial charge is 0.277 e. The molecule has 2 aromatic carbocycles. The zero-order valence-electron chi connectivity index (χ0n) is 14.6. The highest BCUT2D eigenvalue weighted by atomic mass is 16.5. The van der Waals surface area contributed by atoms with Gasteiger partial charge in [-0.05, 0) is 37.1 Å². The maximum absolute atomic E-state index is 11.9. The van der Waals surface area contributed by atoms with E-state index in [4.69, 9.17) is 4.74 Å². The summed E-state index contributed by atoms with van der Waals surface area (Å²) >= 11 is 0. The number of aryl methyl sites for hydroxylation is 2. The van der Waals surface area contributed by atoms with Gasteiger partial charge in [0.15, 0.2) is 6.61 Å². The van der Waals surface area contributed by atoms with Crippen molar-refractivity contribution in [2.75, 3.05) is 6.61 Å². The highest BCUT2D eigenvalue weighted by Gasteiger charge is 2.06. The molecule has 1 heterocycles. The van der Waals surface area contributed by atoms with Crippen LogP contribution in [0.4, 0.5) is 0 Å². The van der Waals surface area contributed by atoms with Crippen molar-refractivity contribution in [3.05, 3.63) is 65.4 Å². The van der Waals surface area contributed by atoms with Crippen LogP contribution >= 0.6 is 0 Å². The lowest BCUT2D eigenvalue weighted by atomic mass is 10.1. The fourth-order valence-electron chi connectivity index (χ4n) is 2.71. The first-order valence-electron chi connectivity index (χ1n) is 8.11. The van der Waals surface area contributed by atoms with Crippen molar-refractivity contribution in [2.24, 2.45) is 12.1 Å². The number of nitrogens with one attached hydrogen (secondary N) is 1. The summed E-state index contributed by atoms with van der Waals surface area (Å²) < 4.78 is 7.60. The predicted molar refractivity (Wildman–Crippen MR) is 100 cm³/mol. The Morgan fingerprint density at radius 2 is 2.00 bits per heavy atom. The van der Waals surface area contributed by atoms with E-state index >= 15 is 0 Å². The molecule has 5 nitrogen and oxygen atoms in total. The number of hydrogen-bond donors (Lipinski definition) is 1. The van der Waals surface area contributed by atoms with E-state index in [0.717, 1.165) is 27.6 Å². The summed E-state index contributed by atoms with van der Waals surface area (Å²) in [7, 11) is 1.98. The molecule has 0 aliphatic rings. The zero-order chi connectivity index (χ0) is 17.8. The molecule has 0 aliphatic carbocycles. The second kappa shape index (κ2) is 7.21. The van der Waals surface area contributed by atoms with Crippen LogP contribution in [-0.4, -0.2) is 23.3 Å². The number of para-hydroxylation sites is 1. The Morgan fingerprint density at radius 3 is 2.84 bits per heavy atom. The molecule has 3 aromatic rings. The summed E-state index contributed by atoms with van der Waals surface area (Å²) in [6.07, 6.45) is 3.63. The van der Waals surface area contributed by atoms with Crippen LogP contribution in [0.2, 0.25) is 0 Å². The molecule has 0 spiro atoms. The molecule has 128 valence electrons. The van der Waals surface area contributed by atoms with Crippen molar-refractivity contribution < 1.29 is 9.53 Å². The van der Waals surface area contributed by atoms with Crippen molar-refractivity contribution in [1.29, 1.82) is 0 Å². The van der Waals surface area contributed by atoms with Crippen molar-refractivity contribution in [3.8, 4) is 5.75 Å². The number of aromatic nitrogens is 1. The molecule has 0 aliphatic heterocycles. The molecular weight excluding hydrogens is 314 g/mol. The van der Waals surface area contributed by atoms with Crippen molar-refractivity contribution in [1.82, 2.24) is 9.99 Å². The third-order valence-electron chi connectivity index (χ3n) is 4.23. The van der Waals surface area contributed by atoms with E-state index in [9.17, 15) is 4.79 Å². The third-order valence-corrected chi connectivity index (χ3v) is 4.23. The van der Waals surface area contributed by atoms with E-state index in [1.54, 1.807) is 6.21 Å². The van der Waals surface area contributed by atoms with Crippen LogP contribution in [-0.2, 0) is 11.8 Å². The van der Waals surface area contributed by atoms with Crippen LogP contribution < -0.4 is 10.2 Å². The maximum Gasteiger partial charge on any atom is 0.277 e. The summed E-state index contributed by atoms with van der Waals surface area (Å²) in [4.78, 5) is 11.9. The number of amides is 1. The summed E-state index contributed by atoms with van der Waals surface area (Å²) in [6, 6.07) is 13.8. The molecule has 0 saturated heterocycles. The van der Waals surface area contributed by atoms with Crippen LogP contribution in [0.15, 0.2) is 53.8 Å². The largest absolute Gasteiger partial charge is 0.483 e. The fourth-order valence-corrected chi connectivity index (χ4v) is 2.71. The Balaban J connectivity index is 1.60. The quantitative estimate of drug-likeness (QED) is 0.574. The van der Waals surface area contributed by atoms with Gasteiger partial charge in [-0.25, -0.2) is 5.43 Å². The van der Waals surface area contributed by atoms with E-state index in [-0.39, 0.29) is 12.5 Å². The monoisotopic (exact) mass is 335 g/mol. The van der Waals surface area contributed by atoms with Gasteiger partial charge in [-0.1, -0.05) is 30.3 Å². The van der Waals surface area contributed by atoms with Gasteiger partial charge in [0.2, 0.25) is 0 Å². The Labute approximate surface area is 146 Å². The first-order valence-corrected chi connectivity index (χ1v) is 8.11. The standard InChI is InChI=1S/C20H21N3O2/c1-14-7-6-10-19(15(14)2)25-13-20(24)22-21-11-16-12-23(3)18-9-5-4-8-17(16)18/h4-12H,13H2,1-3H3,(H,22,24)/b21-11+. The number of fused-ring (bicyclic) bond motifs is 1. The molecule has 1 aromatic heterocycles. The highest BCUT2D eigenvalue weighted by Crippen LogP contribution is 2.20. The summed E-state index contributed by atoms with van der Waals surface area (Å²) in [5, 5.41) is 5.13. The molecular formula is C20H21N3O2. The van der Waals surface area contributed by atoms with E-state index < -0.39 is 0 Å². The predicted octanol–water partition coefficient (Wildman–Crippen LogP) is 3.32. The van der Waals surface area contributed by atoms with Crippen molar-refractivity contribution in [2.45, 2.75) is 13.8 Å². The van der Waals surface area contributed by atoms with Crippen LogP contribution in [0.3, 0.4) is 0 Å². The Hall–Kier alpha value is -3.08. The Bertz CT molecular complexity index is 941. The molecule has 25 heavy (non-hydrogen) atoms. The molecule has 3 rings (SSSR count). The SMILES string of the molecule is Cc1cccc(OCC(=O)N/N=C/c2cn(C)c3ccccc23)c1C. The van der Waals surface area contributed by atoms with Crippen molar-refractivity contribution in [3.63, 3.8) is 0 Å². The van der Waals surface area contributed by atoms with Crippen LogP contribution in [0, 0.1) is 13.8 Å². The summed E-state index contributed by atoms with van der Waals surface area (Å²) in [5.74, 6) is 0.422. The normalized spacial score (nSPS) is 11.2. The minimum atomic E-state index is -0.294. The molecule has 1 amide bonds. The minimum Gasteiger partial charge on any atom is -0.483 e. The van der Waals surface area contributed by atoms with Gasteiger partial charge < -0.3 is 9.30 Å². The maximum atomic E-state index is 11.9. The third kappa shape index (κ3) is 3.71. The first kappa shape index (κ1) is 16.8. The number of carbonyl (C=O) groups excluding carboxylic acids is 1. The second-order valence-electron chi connectivity index (χ2n) is 5.99. The molecule has 0 atom stereocenters. The molecule has 0 fully saturated rings. The lowest BCUT2D eigenvalue weighted by Crippen LogP contribution is -2.24. The second-order valence-corrected chi connectivity index (χ2v) is 5.99. The number of hydrogen-bond acceptors (Lipinski definition) is 3. The summed E-state index contributed by atoms with van der Waals surface area (Å²) in [6.45, 7) is 3.91. The van der Waals surface area contributed by atoms with Gasteiger partial charge in [0.05, 0.1) is 6.21 Å². The zero-order valence-corrected chi connectivity index (χ0v) is 14.6. The number of nitrogens with zero attached hydrogens (tertiary/aromatic N) is 2. The van der Waals surface area contributed by atoms with Gasteiger partial charge in [0, 0.05) is 29.7 Å². The average Bonchev–Trinajstić information content (AvgIpc) is 2.93. The van der Waals surface area contributed by atoms with Crippen LogP contribution in [0.25, 0.3) is 10.9 Å². The number of rotatable bonds is 5. The molecule has 0 unspecified atom stereocenters. The molecule has 5 heteroatoms. The van der Waals surface area contributed by atoms with Crippen molar-refractivity contribution >= 4 is 23.0 Å². The Morgan fingerprint density at radius 1 is 1.20 bits per heavy atom. The fraction of sp³-hybridized carbons (Fsp3) is 0.200. The molecule has 0 bridgehead atoms. The molecule has 1 N–H and O–H groups in total. The van der Waals surface area contributed by atoms with Crippen LogP contribution in [0.5, 0.6) is 5.75 Å². The lowest BCUT2D eigenvalue weighted by molar-refractivity contribution is -0.123. The number of benzene rings is 2. The van der Waals surface area contributed by atoms with Gasteiger partial charge in [-0.3, -0.25) is 4.79 Å². The lowest BCUT2D eigenvalue weighted by Gasteiger charge is -2.09. The van der Waals surface area contributed by atoms with Crippen LogP contribution in [0.1, 0.15) is 16.7 Å². The highest BCUT2D eigenvalue weighted by molar-refractivity contribution is 5.99. The van der Waals surface area contributed by atoms with E-state index in [2.05, 4.69) is 10.5 Å². The van der Waals surface area contributed by atoms with Gasteiger partial charge in [0.25, 0.3) is 5.91 Å². The van der Waals surface area contributed by atoms with E-state index in [0.29, 0.717) is 5.75 Å². The molecule has 0 saturated carbocycles. The first-order chi connectivity index (χ1) is 12.1. The van der Waals surface area contributed by atoms with E-state index in [1.165, 1.54) is 0 Å². The summed E-state index contributed by atoms with van der Waals surface area (Å²) in [5.41, 5.74) is 6.75. The van der Waals surface area contributed by atoms with Gasteiger partial charge >= 0.3 is 0 Å². The van der Waals surface area contributed by atoms with Gasteiger partial charge in [0.1, 0.15) is 5.75 Å². The minimum absolute atomic E-state index is 0.0723. The number of hydrazone groups is 1. The topological polar surface area (TPSA) is 55.6 Å². The van der Waals surface area contributed by atoms with Gasteiger partial charge in [-0.2, -0.15) is 5.10 Å². The van der Waals surface area contributed by atoms with Gasteiger partial charge in [-0.15, -0.1) is 0 Å². The molecule has 0 radical (unpaired) electrons. The Kier molecular flexibility index (Phi) is 4.84. The van der Waals surface area contributed by atoms with E-state index in [1.807, 2.05) is 74.1 Å². The average molecular weight is 335 g/mol. The number of ether oxygens (including phenoxy) is 1.